The fraction of sp³-hybridized carbons (Fsp3) is 0.455. The van der Waals surface area contributed by atoms with Crippen LogP contribution >= 0.6 is 11.8 Å². The van der Waals surface area contributed by atoms with Gasteiger partial charge < -0.3 is 5.73 Å². The Kier molecular flexibility index (Phi) is 4.16. The monoisotopic (exact) mass is 195 g/mol. The highest BCUT2D eigenvalue weighted by atomic mass is 32.2. The van der Waals surface area contributed by atoms with Gasteiger partial charge in [0.1, 0.15) is 0 Å². The lowest BCUT2D eigenvalue weighted by Gasteiger charge is -2.04. The second kappa shape index (κ2) is 5.18. The van der Waals surface area contributed by atoms with Gasteiger partial charge in [0, 0.05) is 10.6 Å². The Morgan fingerprint density at radius 2 is 1.85 bits per heavy atom. The molecule has 13 heavy (non-hydrogen) atoms. The number of anilines is 1. The third-order valence-electron chi connectivity index (χ3n) is 1.84. The van der Waals surface area contributed by atoms with Crippen LogP contribution in [-0.2, 0) is 0 Å². The Balaban J connectivity index is 2.33. The van der Waals surface area contributed by atoms with E-state index in [1.807, 2.05) is 23.9 Å². The van der Waals surface area contributed by atoms with Crippen molar-refractivity contribution >= 4 is 17.4 Å². The number of rotatable bonds is 4. The number of nitrogens with two attached hydrogens (primary N) is 1. The van der Waals surface area contributed by atoms with E-state index in [1.54, 1.807) is 0 Å². The van der Waals surface area contributed by atoms with Gasteiger partial charge in [-0.05, 0) is 42.4 Å². The van der Waals surface area contributed by atoms with E-state index in [1.165, 1.54) is 17.1 Å². The first-order valence-corrected chi connectivity index (χ1v) is 5.65. The van der Waals surface area contributed by atoms with Gasteiger partial charge in [0.15, 0.2) is 0 Å². The SMILES string of the molecule is CC(C)CCSc1ccc(N)cc1. The van der Waals surface area contributed by atoms with Crippen molar-refractivity contribution in [2.24, 2.45) is 5.92 Å². The molecule has 0 saturated carbocycles. The lowest BCUT2D eigenvalue weighted by molar-refractivity contribution is 0.632. The predicted molar refractivity (Wildman–Crippen MR) is 61.0 cm³/mol. The molecule has 0 radical (unpaired) electrons. The molecule has 2 N–H and O–H groups in total. The van der Waals surface area contributed by atoms with Gasteiger partial charge in [-0.3, -0.25) is 0 Å². The molecule has 0 amide bonds. The predicted octanol–water partition coefficient (Wildman–Crippen LogP) is 3.41. The number of benzene rings is 1. The minimum absolute atomic E-state index is 0.793. The van der Waals surface area contributed by atoms with Crippen LogP contribution in [0.3, 0.4) is 0 Å². The molecular weight excluding hydrogens is 178 g/mol. The summed E-state index contributed by atoms with van der Waals surface area (Å²) in [4.78, 5) is 1.31. The third-order valence-corrected chi connectivity index (χ3v) is 2.89. The van der Waals surface area contributed by atoms with E-state index in [9.17, 15) is 0 Å². The minimum atomic E-state index is 0.793. The molecule has 2 heteroatoms. The number of nitrogen functional groups attached to an aromatic ring is 1. The summed E-state index contributed by atoms with van der Waals surface area (Å²) in [7, 11) is 0. The Morgan fingerprint density at radius 3 is 2.38 bits per heavy atom. The highest BCUT2D eigenvalue weighted by Crippen LogP contribution is 2.21. The first-order chi connectivity index (χ1) is 6.18. The molecule has 0 spiro atoms. The second-order valence-electron chi connectivity index (χ2n) is 3.60. The van der Waals surface area contributed by atoms with Crippen LogP contribution in [0.25, 0.3) is 0 Å². The molecule has 0 aliphatic heterocycles. The molecule has 0 atom stereocenters. The summed E-state index contributed by atoms with van der Waals surface area (Å²) in [5.41, 5.74) is 6.44. The summed E-state index contributed by atoms with van der Waals surface area (Å²) in [5, 5.41) is 0. The van der Waals surface area contributed by atoms with Crippen molar-refractivity contribution < 1.29 is 0 Å². The molecule has 1 rings (SSSR count). The Bertz CT molecular complexity index is 241. The van der Waals surface area contributed by atoms with Crippen molar-refractivity contribution in [2.45, 2.75) is 25.2 Å². The van der Waals surface area contributed by atoms with Gasteiger partial charge in [-0.25, -0.2) is 0 Å². The number of thioether (sulfide) groups is 1. The molecule has 1 nitrogen and oxygen atoms in total. The Morgan fingerprint density at radius 1 is 1.23 bits per heavy atom. The average molecular weight is 195 g/mol. The fourth-order valence-electron chi connectivity index (χ4n) is 0.977. The van der Waals surface area contributed by atoms with Crippen LogP contribution in [-0.4, -0.2) is 5.75 Å². The van der Waals surface area contributed by atoms with Crippen molar-refractivity contribution in [3.05, 3.63) is 24.3 Å². The molecule has 0 aromatic heterocycles. The summed E-state index contributed by atoms with van der Waals surface area (Å²) >= 11 is 1.90. The van der Waals surface area contributed by atoms with Gasteiger partial charge >= 0.3 is 0 Å². The Hall–Kier alpha value is -0.630. The van der Waals surface area contributed by atoms with Gasteiger partial charge in [-0.2, -0.15) is 0 Å². The lowest BCUT2D eigenvalue weighted by Crippen LogP contribution is -1.89. The largest absolute Gasteiger partial charge is 0.399 e. The fourth-order valence-corrected chi connectivity index (χ4v) is 2.13. The molecule has 1 aromatic carbocycles. The van der Waals surface area contributed by atoms with Crippen LogP contribution in [0.5, 0.6) is 0 Å². The zero-order valence-electron chi connectivity index (χ0n) is 8.29. The van der Waals surface area contributed by atoms with Gasteiger partial charge in [-0.15, -0.1) is 11.8 Å². The van der Waals surface area contributed by atoms with Gasteiger partial charge in [-0.1, -0.05) is 13.8 Å². The summed E-state index contributed by atoms with van der Waals surface area (Å²) < 4.78 is 0. The zero-order chi connectivity index (χ0) is 9.68. The van der Waals surface area contributed by atoms with E-state index in [-0.39, 0.29) is 0 Å². The van der Waals surface area contributed by atoms with E-state index in [0.717, 1.165) is 11.6 Å². The van der Waals surface area contributed by atoms with E-state index < -0.39 is 0 Å². The molecule has 0 heterocycles. The van der Waals surface area contributed by atoms with Crippen LogP contribution < -0.4 is 5.73 Å². The molecule has 1 aromatic rings. The number of hydrogen-bond acceptors (Lipinski definition) is 2. The molecule has 0 aliphatic rings. The lowest BCUT2D eigenvalue weighted by atomic mass is 10.2. The van der Waals surface area contributed by atoms with Gasteiger partial charge in [0.2, 0.25) is 0 Å². The topological polar surface area (TPSA) is 26.0 Å². The maximum Gasteiger partial charge on any atom is 0.0314 e. The van der Waals surface area contributed by atoms with Crippen LogP contribution in [0.2, 0.25) is 0 Å². The highest BCUT2D eigenvalue weighted by molar-refractivity contribution is 7.99. The first-order valence-electron chi connectivity index (χ1n) is 4.67. The molecule has 0 aliphatic carbocycles. The first kappa shape index (κ1) is 10.5. The summed E-state index contributed by atoms with van der Waals surface area (Å²) in [6.45, 7) is 4.51. The summed E-state index contributed by atoms with van der Waals surface area (Å²) in [5.74, 6) is 1.99. The minimum Gasteiger partial charge on any atom is -0.399 e. The normalized spacial score (nSPS) is 10.7. The maximum absolute atomic E-state index is 5.59. The van der Waals surface area contributed by atoms with Crippen molar-refractivity contribution in [3.8, 4) is 0 Å². The molecular formula is C11H17NS. The maximum atomic E-state index is 5.59. The second-order valence-corrected chi connectivity index (χ2v) is 4.77. The van der Waals surface area contributed by atoms with Gasteiger partial charge in [0.25, 0.3) is 0 Å². The number of hydrogen-bond donors (Lipinski definition) is 1. The van der Waals surface area contributed by atoms with Crippen LogP contribution in [0.4, 0.5) is 5.69 Å². The molecule has 72 valence electrons. The van der Waals surface area contributed by atoms with Crippen molar-refractivity contribution in [1.29, 1.82) is 0 Å². The van der Waals surface area contributed by atoms with Crippen LogP contribution in [0.15, 0.2) is 29.2 Å². The van der Waals surface area contributed by atoms with E-state index in [0.29, 0.717) is 0 Å². The molecule has 0 unspecified atom stereocenters. The van der Waals surface area contributed by atoms with E-state index >= 15 is 0 Å². The smallest absolute Gasteiger partial charge is 0.0314 e. The van der Waals surface area contributed by atoms with Crippen molar-refractivity contribution in [2.75, 3.05) is 11.5 Å². The molecule has 0 bridgehead atoms. The standard InChI is InChI=1S/C11H17NS/c1-9(2)7-8-13-11-5-3-10(12)4-6-11/h3-6,9H,7-8,12H2,1-2H3. The quantitative estimate of drug-likeness (QED) is 0.588. The van der Waals surface area contributed by atoms with Crippen molar-refractivity contribution in [3.63, 3.8) is 0 Å². The van der Waals surface area contributed by atoms with E-state index in [4.69, 9.17) is 5.73 Å². The highest BCUT2D eigenvalue weighted by Gasteiger charge is 1.96. The zero-order valence-corrected chi connectivity index (χ0v) is 9.10. The summed E-state index contributed by atoms with van der Waals surface area (Å²) in [6.07, 6.45) is 1.27. The van der Waals surface area contributed by atoms with Crippen LogP contribution in [0.1, 0.15) is 20.3 Å². The summed E-state index contributed by atoms with van der Waals surface area (Å²) in [6, 6.07) is 8.08. The molecule has 0 fully saturated rings. The average Bonchev–Trinajstić information content (AvgIpc) is 2.08. The Labute approximate surface area is 84.7 Å². The van der Waals surface area contributed by atoms with Gasteiger partial charge in [0.05, 0.1) is 0 Å². The molecule has 0 saturated heterocycles. The van der Waals surface area contributed by atoms with Crippen LogP contribution in [0, 0.1) is 5.92 Å². The third kappa shape index (κ3) is 4.23. The van der Waals surface area contributed by atoms with E-state index in [2.05, 4.69) is 26.0 Å². The van der Waals surface area contributed by atoms with Crippen molar-refractivity contribution in [1.82, 2.24) is 0 Å².